The molecule has 1 amide bonds. The summed E-state index contributed by atoms with van der Waals surface area (Å²) in [6.45, 7) is 6.28. The van der Waals surface area contributed by atoms with Crippen LogP contribution in [0, 0.1) is 0 Å². The van der Waals surface area contributed by atoms with Gasteiger partial charge in [0.25, 0.3) is 5.91 Å². The Balaban J connectivity index is 1.69. The second kappa shape index (κ2) is 14.7. The topological polar surface area (TPSA) is 106 Å². The van der Waals surface area contributed by atoms with Gasteiger partial charge in [0.2, 0.25) is 5.90 Å². The van der Waals surface area contributed by atoms with E-state index in [4.69, 9.17) is 24.3 Å². The van der Waals surface area contributed by atoms with Crippen molar-refractivity contribution in [1.82, 2.24) is 5.32 Å². The molecule has 2 N–H and O–H groups in total. The molecule has 9 heteroatoms. The summed E-state index contributed by atoms with van der Waals surface area (Å²) in [6, 6.07) is 24.7. The first-order chi connectivity index (χ1) is 20.6. The number of amides is 1. The van der Waals surface area contributed by atoms with Crippen molar-refractivity contribution < 1.29 is 28.9 Å². The number of hydrogen-bond donors (Lipinski definition) is 2. The summed E-state index contributed by atoms with van der Waals surface area (Å²) in [4.78, 5) is 32.1. The molecule has 4 rings (SSSR count). The maximum Gasteiger partial charge on any atom is 0.306 e. The highest BCUT2D eigenvalue weighted by atomic mass is 79.9. The molecule has 3 aromatic carbocycles. The Morgan fingerprint density at radius 1 is 1.02 bits per heavy atom. The zero-order chi connectivity index (χ0) is 30.9. The Morgan fingerprint density at radius 2 is 1.72 bits per heavy atom. The van der Waals surface area contributed by atoms with E-state index in [1.807, 2.05) is 87.5 Å². The van der Waals surface area contributed by atoms with Crippen molar-refractivity contribution in [3.63, 3.8) is 0 Å². The van der Waals surface area contributed by atoms with Crippen molar-refractivity contribution in [2.24, 2.45) is 4.99 Å². The zero-order valence-corrected chi connectivity index (χ0v) is 26.4. The molecular weight excluding hydrogens is 612 g/mol. The van der Waals surface area contributed by atoms with Crippen LogP contribution in [0.3, 0.4) is 0 Å². The molecule has 1 aliphatic rings. The van der Waals surface area contributed by atoms with Gasteiger partial charge in [-0.05, 0) is 69.5 Å². The number of ether oxygens (including phenoxy) is 3. The average molecular weight is 652 g/mol. The van der Waals surface area contributed by atoms with Crippen molar-refractivity contribution in [1.29, 1.82) is 0 Å². The molecule has 0 unspecified atom stereocenters. The fraction of sp³-hybridized carbons (Fsp3) is 0.382. The minimum atomic E-state index is -1.44. The summed E-state index contributed by atoms with van der Waals surface area (Å²) in [5.41, 5.74) is 0.408. The first-order valence-electron chi connectivity index (χ1n) is 14.5. The molecule has 0 bridgehead atoms. The van der Waals surface area contributed by atoms with Crippen molar-refractivity contribution in [2.45, 2.75) is 63.7 Å². The van der Waals surface area contributed by atoms with Crippen LogP contribution in [0.5, 0.6) is 5.75 Å². The Kier molecular flexibility index (Phi) is 11.0. The van der Waals surface area contributed by atoms with Crippen LogP contribution in [-0.2, 0) is 25.5 Å². The average Bonchev–Trinajstić information content (AvgIpc) is 3.37. The van der Waals surface area contributed by atoms with Crippen molar-refractivity contribution in [3.8, 4) is 5.75 Å². The van der Waals surface area contributed by atoms with E-state index in [2.05, 4.69) is 21.2 Å². The highest BCUT2D eigenvalue weighted by molar-refractivity contribution is 9.10. The third-order valence-electron chi connectivity index (χ3n) is 6.89. The number of nitrogens with one attached hydrogen (secondary N) is 1. The van der Waals surface area contributed by atoms with Gasteiger partial charge in [-0.3, -0.25) is 9.59 Å². The van der Waals surface area contributed by atoms with Gasteiger partial charge in [0.15, 0.2) is 11.6 Å². The van der Waals surface area contributed by atoms with Crippen LogP contribution >= 0.6 is 15.9 Å². The lowest BCUT2D eigenvalue weighted by atomic mass is 9.83. The fourth-order valence-corrected chi connectivity index (χ4v) is 5.33. The van der Waals surface area contributed by atoms with Crippen LogP contribution in [0.4, 0.5) is 0 Å². The summed E-state index contributed by atoms with van der Waals surface area (Å²) in [5, 5.41) is 12.1. The van der Waals surface area contributed by atoms with E-state index < -0.39 is 23.2 Å². The first kappa shape index (κ1) is 32.2. The fourth-order valence-electron chi connectivity index (χ4n) is 4.84. The van der Waals surface area contributed by atoms with Crippen molar-refractivity contribution in [3.05, 3.63) is 100 Å². The van der Waals surface area contributed by atoms with Gasteiger partial charge >= 0.3 is 5.97 Å². The predicted octanol–water partition coefficient (Wildman–Crippen LogP) is 5.95. The number of benzene rings is 3. The molecule has 0 spiro atoms. The highest BCUT2D eigenvalue weighted by Crippen LogP contribution is 2.45. The van der Waals surface area contributed by atoms with Crippen molar-refractivity contribution >= 4 is 33.7 Å². The van der Waals surface area contributed by atoms with Crippen LogP contribution < -0.4 is 10.1 Å². The lowest BCUT2D eigenvalue weighted by Gasteiger charge is -2.31. The number of carbonyl (C=O) groups excluding carboxylic acids is 2. The van der Waals surface area contributed by atoms with Gasteiger partial charge in [-0.1, -0.05) is 64.5 Å². The summed E-state index contributed by atoms with van der Waals surface area (Å²) < 4.78 is 18.6. The Hall–Kier alpha value is -3.69. The number of nitrogens with zero attached hydrogens (tertiary/aromatic N) is 1. The summed E-state index contributed by atoms with van der Waals surface area (Å²) >= 11 is 3.64. The number of aliphatic imine (C=N–C) groups is 1. The second-order valence-corrected chi connectivity index (χ2v) is 12.2. The number of esters is 1. The maximum atomic E-state index is 14.2. The molecule has 228 valence electrons. The Bertz CT molecular complexity index is 1400. The molecule has 0 aromatic heterocycles. The van der Waals surface area contributed by atoms with Crippen LogP contribution in [-0.4, -0.2) is 53.8 Å². The molecule has 43 heavy (non-hydrogen) atoms. The molecule has 0 radical (unpaired) electrons. The Morgan fingerprint density at radius 3 is 2.40 bits per heavy atom. The summed E-state index contributed by atoms with van der Waals surface area (Å²) in [6.07, 6.45) is 0.422. The minimum Gasteiger partial charge on any atom is -0.494 e. The van der Waals surface area contributed by atoms with E-state index in [-0.39, 0.29) is 25.4 Å². The molecule has 1 heterocycles. The largest absolute Gasteiger partial charge is 0.494 e. The van der Waals surface area contributed by atoms with Crippen LogP contribution in [0.2, 0.25) is 0 Å². The van der Waals surface area contributed by atoms with Gasteiger partial charge in [-0.15, -0.1) is 0 Å². The van der Waals surface area contributed by atoms with E-state index in [0.29, 0.717) is 43.2 Å². The van der Waals surface area contributed by atoms with E-state index >= 15 is 0 Å². The normalized spacial score (nSPS) is 18.0. The van der Waals surface area contributed by atoms with Gasteiger partial charge in [0.1, 0.15) is 11.4 Å². The van der Waals surface area contributed by atoms with E-state index in [0.717, 1.165) is 15.6 Å². The van der Waals surface area contributed by atoms with Gasteiger partial charge in [-0.25, -0.2) is 4.99 Å². The number of halogens is 1. The summed E-state index contributed by atoms with van der Waals surface area (Å²) in [5.74, 6) is 0.202. The third kappa shape index (κ3) is 8.67. The molecule has 0 saturated heterocycles. The van der Waals surface area contributed by atoms with Gasteiger partial charge in [0.05, 0.1) is 6.61 Å². The second-order valence-electron chi connectivity index (χ2n) is 11.4. The standard InChI is InChI=1S/C34H39BrN2O6/c1-33(2,3)43-29(39)18-20-34(32(40)36-21-19-24-10-5-4-6-11-24)30(27-12-7-8-13-28(27)35)42-31(37-34)25-14-16-26(17-15-25)41-23-9-22-38/h4-8,10-17,30,38H,9,18-23H2,1-3H3,(H,36,40)/t30-,34-/m1/s1. The number of rotatable bonds is 13. The quantitative estimate of drug-likeness (QED) is 0.175. The molecule has 8 nitrogen and oxygen atoms in total. The van der Waals surface area contributed by atoms with E-state index in [1.54, 1.807) is 12.1 Å². The molecular formula is C34H39BrN2O6. The van der Waals surface area contributed by atoms with Crippen LogP contribution in [0.1, 0.15) is 62.8 Å². The lowest BCUT2D eigenvalue weighted by molar-refractivity contribution is -0.155. The number of hydrogen-bond acceptors (Lipinski definition) is 7. The molecule has 2 atom stereocenters. The third-order valence-corrected chi connectivity index (χ3v) is 7.61. The molecule has 1 aliphatic heterocycles. The monoisotopic (exact) mass is 650 g/mol. The van der Waals surface area contributed by atoms with Gasteiger partial charge < -0.3 is 24.6 Å². The summed E-state index contributed by atoms with van der Waals surface area (Å²) in [7, 11) is 0. The minimum absolute atomic E-state index is 0.0257. The lowest BCUT2D eigenvalue weighted by Crippen LogP contribution is -2.49. The van der Waals surface area contributed by atoms with Crippen LogP contribution in [0.15, 0.2) is 88.3 Å². The molecule has 0 saturated carbocycles. The van der Waals surface area contributed by atoms with E-state index in [1.165, 1.54) is 0 Å². The molecule has 0 aliphatic carbocycles. The number of aliphatic hydroxyl groups excluding tert-OH is 1. The number of carbonyl (C=O) groups is 2. The Labute approximate surface area is 261 Å². The smallest absolute Gasteiger partial charge is 0.306 e. The van der Waals surface area contributed by atoms with Crippen LogP contribution in [0.25, 0.3) is 0 Å². The van der Waals surface area contributed by atoms with E-state index in [9.17, 15) is 9.59 Å². The zero-order valence-electron chi connectivity index (χ0n) is 24.8. The molecule has 0 fully saturated rings. The first-order valence-corrected chi connectivity index (χ1v) is 15.3. The van der Waals surface area contributed by atoms with Crippen molar-refractivity contribution in [2.75, 3.05) is 19.8 Å². The SMILES string of the molecule is CC(C)(C)OC(=O)CC[C@@]1(C(=O)NCCc2ccccc2)N=C(c2ccc(OCCCO)cc2)O[C@@H]1c1ccccc1Br. The predicted molar refractivity (Wildman–Crippen MR) is 169 cm³/mol. The van der Waals surface area contributed by atoms with Gasteiger partial charge in [0, 0.05) is 41.6 Å². The van der Waals surface area contributed by atoms with Gasteiger partial charge in [-0.2, -0.15) is 0 Å². The maximum absolute atomic E-state index is 14.2. The highest BCUT2D eigenvalue weighted by Gasteiger charge is 2.53. The number of aliphatic hydroxyl groups is 1. The molecule has 3 aromatic rings.